The predicted octanol–water partition coefficient (Wildman–Crippen LogP) is 0.0234. The van der Waals surface area contributed by atoms with Crippen molar-refractivity contribution < 1.29 is 26.2 Å². The lowest BCUT2D eigenvalue weighted by atomic mass is 9.96. The molecule has 4 rings (SSSR count). The van der Waals surface area contributed by atoms with Crippen molar-refractivity contribution in [3.8, 4) is 0 Å². The minimum atomic E-state index is -3.68. The topological polar surface area (TPSA) is 121 Å². The van der Waals surface area contributed by atoms with Crippen LogP contribution >= 0.6 is 0 Å². The Balaban J connectivity index is 1.30. The Hall–Kier alpha value is -1.50. The summed E-state index contributed by atoms with van der Waals surface area (Å²) in [5, 5.41) is 3.75. The molecule has 1 amide bonds. The van der Waals surface area contributed by atoms with E-state index in [0.717, 1.165) is 0 Å². The van der Waals surface area contributed by atoms with Crippen molar-refractivity contribution in [2.75, 3.05) is 50.8 Å². The molecule has 3 saturated heterocycles. The van der Waals surface area contributed by atoms with Gasteiger partial charge in [0.05, 0.1) is 11.5 Å². The van der Waals surface area contributed by atoms with Gasteiger partial charge in [0, 0.05) is 51.2 Å². The molecule has 31 heavy (non-hydrogen) atoms. The second kappa shape index (κ2) is 8.45. The van der Waals surface area contributed by atoms with Crippen LogP contribution < -0.4 is 0 Å². The monoisotopic (exact) mass is 474 g/mol. The Morgan fingerprint density at radius 2 is 1.68 bits per heavy atom. The van der Waals surface area contributed by atoms with Gasteiger partial charge < -0.3 is 9.42 Å². The highest BCUT2D eigenvalue weighted by Gasteiger charge is 2.38. The van der Waals surface area contributed by atoms with E-state index < -0.39 is 19.9 Å². The number of amides is 1. The lowest BCUT2D eigenvalue weighted by molar-refractivity contribution is -0.138. The molecule has 10 nitrogen and oxygen atoms in total. The molecule has 1 aromatic rings. The molecular weight excluding hydrogens is 444 g/mol. The van der Waals surface area contributed by atoms with E-state index in [1.165, 1.54) is 4.31 Å². The van der Waals surface area contributed by atoms with Gasteiger partial charge in [-0.2, -0.15) is 4.31 Å². The van der Waals surface area contributed by atoms with Gasteiger partial charge in [-0.05, 0) is 33.1 Å². The SMILES string of the molecule is Cc1noc(C)c1S(=O)(=O)N1CCC(C(=O)N2CCN([C@@H]3CCS(=O)(=O)C3)CC2)CC1. The summed E-state index contributed by atoms with van der Waals surface area (Å²) in [6.45, 7) is 6.34. The quantitative estimate of drug-likeness (QED) is 0.599. The number of carbonyl (C=O) groups excluding carboxylic acids is 1. The molecule has 3 fully saturated rings. The van der Waals surface area contributed by atoms with Crippen LogP contribution in [0.2, 0.25) is 0 Å². The van der Waals surface area contributed by atoms with E-state index in [-0.39, 0.29) is 40.0 Å². The fraction of sp³-hybridized carbons (Fsp3) is 0.789. The standard InChI is InChI=1S/C19H30N4O6S2/c1-14-18(15(2)29-20-14)31(27,28)23-6-3-16(4-7-23)19(24)22-10-8-21(9-11-22)17-5-12-30(25,26)13-17/h16-17H,3-13H2,1-2H3/t17-/m1/s1. The molecule has 1 atom stereocenters. The molecule has 12 heteroatoms. The van der Waals surface area contributed by atoms with Gasteiger partial charge in [0.25, 0.3) is 0 Å². The number of carbonyl (C=O) groups is 1. The summed E-state index contributed by atoms with van der Waals surface area (Å²) < 4.78 is 55.8. The highest BCUT2D eigenvalue weighted by atomic mass is 32.2. The number of aryl methyl sites for hydroxylation is 2. The number of nitrogens with zero attached hydrogens (tertiary/aromatic N) is 4. The van der Waals surface area contributed by atoms with E-state index >= 15 is 0 Å². The minimum absolute atomic E-state index is 0.0695. The average Bonchev–Trinajstić information content (AvgIpc) is 3.28. The van der Waals surface area contributed by atoms with Gasteiger partial charge in [0.1, 0.15) is 10.6 Å². The number of sulfonamides is 1. The lowest BCUT2D eigenvalue weighted by Crippen LogP contribution is -2.54. The van der Waals surface area contributed by atoms with Gasteiger partial charge in [-0.15, -0.1) is 0 Å². The molecule has 0 aromatic carbocycles. The summed E-state index contributed by atoms with van der Waals surface area (Å²) in [6.07, 6.45) is 1.65. The van der Waals surface area contributed by atoms with Crippen LogP contribution in [0.3, 0.4) is 0 Å². The first-order valence-electron chi connectivity index (χ1n) is 10.7. The molecule has 4 heterocycles. The summed E-state index contributed by atoms with van der Waals surface area (Å²) >= 11 is 0. The predicted molar refractivity (Wildman–Crippen MR) is 113 cm³/mol. The fourth-order valence-electron chi connectivity index (χ4n) is 4.94. The fourth-order valence-corrected chi connectivity index (χ4v) is 8.47. The van der Waals surface area contributed by atoms with Gasteiger partial charge >= 0.3 is 0 Å². The van der Waals surface area contributed by atoms with E-state index in [1.807, 2.05) is 4.90 Å². The zero-order chi connectivity index (χ0) is 22.4. The van der Waals surface area contributed by atoms with Gasteiger partial charge in [-0.3, -0.25) is 9.69 Å². The van der Waals surface area contributed by atoms with Crippen LogP contribution in [0.25, 0.3) is 0 Å². The highest BCUT2D eigenvalue weighted by molar-refractivity contribution is 7.91. The summed E-state index contributed by atoms with van der Waals surface area (Å²) in [4.78, 5) is 17.2. The molecule has 0 unspecified atom stereocenters. The van der Waals surface area contributed by atoms with E-state index in [4.69, 9.17) is 4.52 Å². The molecule has 0 saturated carbocycles. The summed E-state index contributed by atoms with van der Waals surface area (Å²) in [7, 11) is -6.60. The minimum Gasteiger partial charge on any atom is -0.360 e. The second-order valence-corrected chi connectivity index (χ2v) is 12.9. The Kier molecular flexibility index (Phi) is 6.18. The van der Waals surface area contributed by atoms with E-state index in [1.54, 1.807) is 13.8 Å². The third-order valence-electron chi connectivity index (χ3n) is 6.72. The van der Waals surface area contributed by atoms with Crippen LogP contribution in [-0.4, -0.2) is 98.8 Å². The number of sulfone groups is 1. The Labute approximate surface area is 183 Å². The van der Waals surface area contributed by atoms with Gasteiger partial charge in [0.15, 0.2) is 15.6 Å². The summed E-state index contributed by atoms with van der Waals surface area (Å²) in [5.74, 6) is 0.650. The molecular formula is C19H30N4O6S2. The molecule has 3 aliphatic rings. The summed E-state index contributed by atoms with van der Waals surface area (Å²) in [6, 6.07) is 0.0695. The van der Waals surface area contributed by atoms with Crippen molar-refractivity contribution in [2.45, 2.75) is 44.0 Å². The maximum Gasteiger partial charge on any atom is 0.248 e. The third kappa shape index (κ3) is 4.53. The molecule has 0 spiro atoms. The van der Waals surface area contributed by atoms with E-state index in [9.17, 15) is 21.6 Å². The molecule has 0 radical (unpaired) electrons. The average molecular weight is 475 g/mol. The van der Waals surface area contributed by atoms with Crippen LogP contribution in [0.15, 0.2) is 9.42 Å². The Bertz CT molecular complexity index is 1020. The highest BCUT2D eigenvalue weighted by Crippen LogP contribution is 2.29. The third-order valence-corrected chi connectivity index (χ3v) is 10.6. The van der Waals surface area contributed by atoms with Gasteiger partial charge in [0.2, 0.25) is 15.9 Å². The van der Waals surface area contributed by atoms with Crippen LogP contribution in [-0.2, 0) is 24.7 Å². The van der Waals surface area contributed by atoms with Crippen molar-refractivity contribution in [1.82, 2.24) is 19.3 Å². The van der Waals surface area contributed by atoms with Crippen LogP contribution in [0.5, 0.6) is 0 Å². The first kappa shape index (κ1) is 22.7. The molecule has 0 bridgehead atoms. The van der Waals surface area contributed by atoms with E-state index in [2.05, 4.69) is 10.1 Å². The number of piperazine rings is 1. The largest absolute Gasteiger partial charge is 0.360 e. The first-order valence-corrected chi connectivity index (χ1v) is 14.0. The normalized spacial score (nSPS) is 26.4. The van der Waals surface area contributed by atoms with Crippen molar-refractivity contribution in [2.24, 2.45) is 5.92 Å². The maximum atomic E-state index is 13.0. The van der Waals surface area contributed by atoms with Crippen LogP contribution in [0.1, 0.15) is 30.7 Å². The zero-order valence-electron chi connectivity index (χ0n) is 18.0. The van der Waals surface area contributed by atoms with Crippen molar-refractivity contribution in [3.63, 3.8) is 0 Å². The van der Waals surface area contributed by atoms with Crippen LogP contribution in [0, 0.1) is 19.8 Å². The van der Waals surface area contributed by atoms with Crippen molar-refractivity contribution in [3.05, 3.63) is 11.5 Å². The number of rotatable bonds is 4. The molecule has 0 aliphatic carbocycles. The van der Waals surface area contributed by atoms with E-state index in [0.29, 0.717) is 64.2 Å². The number of aromatic nitrogens is 1. The van der Waals surface area contributed by atoms with Crippen molar-refractivity contribution in [1.29, 1.82) is 0 Å². The lowest BCUT2D eigenvalue weighted by Gasteiger charge is -2.40. The Morgan fingerprint density at radius 3 is 2.19 bits per heavy atom. The van der Waals surface area contributed by atoms with Crippen LogP contribution in [0.4, 0.5) is 0 Å². The number of hydrogen-bond donors (Lipinski definition) is 0. The second-order valence-electron chi connectivity index (χ2n) is 8.75. The molecule has 3 aliphatic heterocycles. The molecule has 174 valence electrons. The smallest absolute Gasteiger partial charge is 0.248 e. The van der Waals surface area contributed by atoms with Crippen molar-refractivity contribution >= 4 is 25.8 Å². The maximum absolute atomic E-state index is 13.0. The molecule has 0 N–H and O–H groups in total. The number of hydrogen-bond acceptors (Lipinski definition) is 8. The van der Waals surface area contributed by atoms with Gasteiger partial charge in [-0.1, -0.05) is 5.16 Å². The Morgan fingerprint density at radius 1 is 1.03 bits per heavy atom. The van der Waals surface area contributed by atoms with Gasteiger partial charge in [-0.25, -0.2) is 16.8 Å². The summed E-state index contributed by atoms with van der Waals surface area (Å²) in [5.41, 5.74) is 0.351. The zero-order valence-corrected chi connectivity index (χ0v) is 19.6. The molecule has 1 aromatic heterocycles. The number of piperidine rings is 1. The first-order chi connectivity index (χ1) is 14.6.